The number of furan rings is 1. The van der Waals surface area contributed by atoms with Crippen molar-refractivity contribution in [1.82, 2.24) is 5.32 Å². The second-order valence-corrected chi connectivity index (χ2v) is 4.85. The summed E-state index contributed by atoms with van der Waals surface area (Å²) in [4.78, 5) is 0. The van der Waals surface area contributed by atoms with E-state index in [1.165, 1.54) is 6.07 Å². The molecule has 1 unspecified atom stereocenters. The van der Waals surface area contributed by atoms with E-state index in [9.17, 15) is 8.78 Å². The Labute approximate surface area is 122 Å². The van der Waals surface area contributed by atoms with Crippen molar-refractivity contribution in [3.8, 4) is 0 Å². The third-order valence-corrected chi connectivity index (χ3v) is 3.25. The summed E-state index contributed by atoms with van der Waals surface area (Å²) in [5.41, 5.74) is 0.770. The highest BCUT2D eigenvalue weighted by Crippen LogP contribution is 2.28. The Hall–Kier alpha value is -1.72. The zero-order valence-corrected chi connectivity index (χ0v) is 12.4. The summed E-state index contributed by atoms with van der Waals surface area (Å²) in [7, 11) is 1.58. The van der Waals surface area contributed by atoms with Gasteiger partial charge < -0.3 is 14.5 Å². The summed E-state index contributed by atoms with van der Waals surface area (Å²) in [6.45, 7) is 4.50. The Bertz CT molecular complexity index is 610. The molecule has 0 saturated carbocycles. The average molecular weight is 295 g/mol. The van der Waals surface area contributed by atoms with Gasteiger partial charge in [-0.2, -0.15) is 0 Å². The summed E-state index contributed by atoms with van der Waals surface area (Å²) >= 11 is 0. The highest BCUT2D eigenvalue weighted by Gasteiger charge is 2.21. The Morgan fingerprint density at radius 3 is 2.67 bits per heavy atom. The van der Waals surface area contributed by atoms with Crippen molar-refractivity contribution >= 4 is 0 Å². The quantitative estimate of drug-likeness (QED) is 0.882. The highest BCUT2D eigenvalue weighted by molar-refractivity contribution is 5.33. The van der Waals surface area contributed by atoms with E-state index in [4.69, 9.17) is 9.15 Å². The average Bonchev–Trinajstić information content (AvgIpc) is 2.89. The van der Waals surface area contributed by atoms with Crippen molar-refractivity contribution < 1.29 is 17.9 Å². The van der Waals surface area contributed by atoms with Crippen LogP contribution in [0.25, 0.3) is 0 Å². The Morgan fingerprint density at radius 2 is 2.00 bits per heavy atom. The fraction of sp³-hybridized carbons (Fsp3) is 0.375. The molecule has 2 aromatic rings. The summed E-state index contributed by atoms with van der Waals surface area (Å²) in [6, 6.07) is 5.53. The van der Waals surface area contributed by atoms with Gasteiger partial charge in [0.25, 0.3) is 0 Å². The molecule has 5 heteroatoms. The lowest BCUT2D eigenvalue weighted by Crippen LogP contribution is -2.23. The van der Waals surface area contributed by atoms with Gasteiger partial charge in [-0.15, -0.1) is 0 Å². The fourth-order valence-corrected chi connectivity index (χ4v) is 2.24. The number of rotatable bonds is 6. The first-order valence-electron chi connectivity index (χ1n) is 6.83. The Balaban J connectivity index is 2.40. The van der Waals surface area contributed by atoms with E-state index in [-0.39, 0.29) is 0 Å². The van der Waals surface area contributed by atoms with Crippen molar-refractivity contribution in [3.63, 3.8) is 0 Å². The van der Waals surface area contributed by atoms with Gasteiger partial charge in [-0.1, -0.05) is 6.92 Å². The number of ether oxygens (including phenoxy) is 1. The normalized spacial score (nSPS) is 12.6. The van der Waals surface area contributed by atoms with Crippen LogP contribution in [-0.2, 0) is 11.3 Å². The zero-order chi connectivity index (χ0) is 15.4. The number of nitrogens with one attached hydrogen (secondary N) is 1. The van der Waals surface area contributed by atoms with Gasteiger partial charge in [0, 0.05) is 18.7 Å². The maximum Gasteiger partial charge on any atom is 0.131 e. The van der Waals surface area contributed by atoms with Crippen molar-refractivity contribution in [3.05, 3.63) is 58.5 Å². The topological polar surface area (TPSA) is 34.4 Å². The minimum Gasteiger partial charge on any atom is -0.462 e. The molecule has 0 aliphatic carbocycles. The van der Waals surface area contributed by atoms with E-state index in [2.05, 4.69) is 5.32 Å². The molecule has 0 aliphatic rings. The molecule has 0 fully saturated rings. The number of aryl methyl sites for hydroxylation is 1. The maximum absolute atomic E-state index is 14.1. The number of hydrogen-bond acceptors (Lipinski definition) is 3. The monoisotopic (exact) mass is 295 g/mol. The molecule has 0 amide bonds. The number of methoxy groups -OCH3 is 1. The van der Waals surface area contributed by atoms with Gasteiger partial charge in [0.2, 0.25) is 0 Å². The largest absolute Gasteiger partial charge is 0.462 e. The van der Waals surface area contributed by atoms with Gasteiger partial charge in [0.1, 0.15) is 29.8 Å². The van der Waals surface area contributed by atoms with Crippen LogP contribution in [0.4, 0.5) is 8.78 Å². The minimum absolute atomic E-state index is 0.351. The fourth-order valence-electron chi connectivity index (χ4n) is 2.24. The molecule has 0 saturated heterocycles. The second-order valence-electron chi connectivity index (χ2n) is 4.85. The maximum atomic E-state index is 14.1. The van der Waals surface area contributed by atoms with Gasteiger partial charge in [0.15, 0.2) is 0 Å². The standard InChI is InChI=1S/C16H19F2NO2/c1-4-19-16(15-6-5-11(21-15)9-20-3)12-7-10(2)13(17)8-14(12)18/h5-8,16,19H,4,9H2,1-3H3. The molecule has 3 nitrogen and oxygen atoms in total. The van der Waals surface area contributed by atoms with E-state index < -0.39 is 17.7 Å². The van der Waals surface area contributed by atoms with Crippen LogP contribution < -0.4 is 5.32 Å². The third kappa shape index (κ3) is 3.49. The van der Waals surface area contributed by atoms with E-state index in [1.54, 1.807) is 26.2 Å². The van der Waals surface area contributed by atoms with E-state index in [0.29, 0.717) is 35.8 Å². The lowest BCUT2D eigenvalue weighted by molar-refractivity contribution is 0.162. The Morgan fingerprint density at radius 1 is 1.24 bits per heavy atom. The number of benzene rings is 1. The van der Waals surface area contributed by atoms with E-state index >= 15 is 0 Å². The number of halogens is 2. The molecule has 1 atom stereocenters. The molecular weight excluding hydrogens is 276 g/mol. The summed E-state index contributed by atoms with van der Waals surface area (Å²) < 4.78 is 38.2. The predicted octanol–water partition coefficient (Wildman–Crippen LogP) is 3.71. The first-order chi connectivity index (χ1) is 10.1. The molecule has 1 heterocycles. The second kappa shape index (κ2) is 6.83. The van der Waals surface area contributed by atoms with Gasteiger partial charge >= 0.3 is 0 Å². The first kappa shape index (κ1) is 15.7. The van der Waals surface area contributed by atoms with E-state index in [0.717, 1.165) is 6.07 Å². The van der Waals surface area contributed by atoms with E-state index in [1.807, 2.05) is 6.92 Å². The van der Waals surface area contributed by atoms with Crippen LogP contribution in [0, 0.1) is 18.6 Å². The zero-order valence-electron chi connectivity index (χ0n) is 12.4. The molecule has 1 aromatic heterocycles. The summed E-state index contributed by atoms with van der Waals surface area (Å²) in [6.07, 6.45) is 0. The van der Waals surface area contributed by atoms with Gasteiger partial charge in [-0.3, -0.25) is 0 Å². The molecule has 0 aliphatic heterocycles. The van der Waals surface area contributed by atoms with Crippen LogP contribution in [0.1, 0.15) is 35.6 Å². The lowest BCUT2D eigenvalue weighted by atomic mass is 10.0. The van der Waals surface area contributed by atoms with Crippen molar-refractivity contribution in [2.75, 3.05) is 13.7 Å². The Kier molecular flexibility index (Phi) is 5.09. The van der Waals surface area contributed by atoms with Crippen LogP contribution in [0.2, 0.25) is 0 Å². The van der Waals surface area contributed by atoms with Crippen LogP contribution >= 0.6 is 0 Å². The number of hydrogen-bond donors (Lipinski definition) is 1. The molecule has 114 valence electrons. The predicted molar refractivity (Wildman–Crippen MR) is 76.0 cm³/mol. The van der Waals surface area contributed by atoms with Gasteiger partial charge in [-0.25, -0.2) is 8.78 Å². The molecule has 0 radical (unpaired) electrons. The third-order valence-electron chi connectivity index (χ3n) is 3.25. The molecule has 0 bridgehead atoms. The lowest BCUT2D eigenvalue weighted by Gasteiger charge is -2.17. The van der Waals surface area contributed by atoms with Crippen molar-refractivity contribution in [2.24, 2.45) is 0 Å². The van der Waals surface area contributed by atoms with Crippen LogP contribution in [0.15, 0.2) is 28.7 Å². The van der Waals surface area contributed by atoms with Crippen LogP contribution in [-0.4, -0.2) is 13.7 Å². The minimum atomic E-state index is -0.589. The molecule has 21 heavy (non-hydrogen) atoms. The van der Waals surface area contributed by atoms with Crippen molar-refractivity contribution in [1.29, 1.82) is 0 Å². The molecule has 1 aromatic carbocycles. The highest BCUT2D eigenvalue weighted by atomic mass is 19.1. The first-order valence-corrected chi connectivity index (χ1v) is 6.83. The molecular formula is C16H19F2NO2. The van der Waals surface area contributed by atoms with Crippen molar-refractivity contribution in [2.45, 2.75) is 26.5 Å². The van der Waals surface area contributed by atoms with Crippen LogP contribution in [0.3, 0.4) is 0 Å². The summed E-state index contributed by atoms with van der Waals surface area (Å²) in [5.74, 6) is 0.100. The van der Waals surface area contributed by atoms with Gasteiger partial charge in [0.05, 0.1) is 6.04 Å². The molecule has 1 N–H and O–H groups in total. The molecule has 0 spiro atoms. The molecule has 2 rings (SSSR count). The van der Waals surface area contributed by atoms with Gasteiger partial charge in [-0.05, 0) is 37.2 Å². The smallest absolute Gasteiger partial charge is 0.131 e. The summed E-state index contributed by atoms with van der Waals surface area (Å²) in [5, 5.41) is 3.16. The SMILES string of the molecule is CCNC(c1ccc(COC)o1)c1cc(C)c(F)cc1F. The van der Waals surface area contributed by atoms with Crippen LogP contribution in [0.5, 0.6) is 0 Å².